The molecule has 0 saturated carbocycles. The highest BCUT2D eigenvalue weighted by atomic mass is 16.1. The van der Waals surface area contributed by atoms with Gasteiger partial charge in [-0.05, 0) is 25.0 Å². The van der Waals surface area contributed by atoms with Crippen molar-refractivity contribution in [2.45, 2.75) is 38.1 Å². The molecule has 0 aliphatic heterocycles. The van der Waals surface area contributed by atoms with Crippen molar-refractivity contribution in [1.29, 1.82) is 0 Å². The van der Waals surface area contributed by atoms with Crippen LogP contribution in [-0.2, 0) is 25.9 Å². The van der Waals surface area contributed by atoms with Gasteiger partial charge in [0.1, 0.15) is 5.65 Å². The van der Waals surface area contributed by atoms with E-state index in [4.69, 9.17) is 5.10 Å². The molecule has 31 heavy (non-hydrogen) atoms. The zero-order chi connectivity index (χ0) is 21.8. The maximum Gasteiger partial charge on any atom is 0.253 e. The molecule has 1 N–H and O–H groups in total. The van der Waals surface area contributed by atoms with Crippen molar-refractivity contribution in [2.24, 2.45) is 14.1 Å². The van der Waals surface area contributed by atoms with Crippen LogP contribution in [0.4, 0.5) is 0 Å². The third kappa shape index (κ3) is 3.23. The van der Waals surface area contributed by atoms with Crippen LogP contribution in [-0.4, -0.2) is 31.3 Å². The lowest BCUT2D eigenvalue weighted by Crippen LogP contribution is -2.44. The van der Waals surface area contributed by atoms with Crippen LogP contribution in [0.2, 0.25) is 0 Å². The number of hydrogen-bond acceptors (Lipinski definition) is 3. The molecule has 1 unspecified atom stereocenters. The second kappa shape index (κ2) is 7.08. The summed E-state index contributed by atoms with van der Waals surface area (Å²) < 4.78 is 3.89. The molecule has 0 spiro atoms. The molecule has 6 nitrogen and oxygen atoms in total. The first-order valence-electron chi connectivity index (χ1n) is 10.7. The van der Waals surface area contributed by atoms with Gasteiger partial charge >= 0.3 is 0 Å². The van der Waals surface area contributed by atoms with Gasteiger partial charge < -0.3 is 9.88 Å². The molecule has 1 atom stereocenters. The second-order valence-corrected chi connectivity index (χ2v) is 9.16. The van der Waals surface area contributed by atoms with Gasteiger partial charge in [0, 0.05) is 54.5 Å². The molecule has 4 aromatic rings. The van der Waals surface area contributed by atoms with Crippen molar-refractivity contribution in [3.05, 3.63) is 71.7 Å². The van der Waals surface area contributed by atoms with E-state index in [0.717, 1.165) is 40.8 Å². The van der Waals surface area contributed by atoms with Crippen LogP contribution in [0, 0.1) is 0 Å². The number of carbonyl (C=O) groups is 1. The van der Waals surface area contributed by atoms with Crippen LogP contribution < -0.4 is 5.32 Å². The van der Waals surface area contributed by atoms with Crippen molar-refractivity contribution in [1.82, 2.24) is 24.6 Å². The number of carbonyl (C=O) groups excluding carboxylic acids is 1. The number of rotatable bonds is 3. The van der Waals surface area contributed by atoms with Gasteiger partial charge in [0.25, 0.3) is 5.91 Å². The fraction of sp³-hybridized carbons (Fsp3) is 0.320. The first kappa shape index (κ1) is 19.5. The molecule has 1 aliphatic carbocycles. The van der Waals surface area contributed by atoms with E-state index in [1.165, 1.54) is 5.56 Å². The summed E-state index contributed by atoms with van der Waals surface area (Å²) in [6.45, 7) is 4.43. The molecular weight excluding hydrogens is 386 g/mol. The molecule has 1 aromatic carbocycles. The highest BCUT2D eigenvalue weighted by Gasteiger charge is 2.38. The number of nitrogens with zero attached hydrogens (tertiary/aromatic N) is 4. The second-order valence-electron chi connectivity index (χ2n) is 9.16. The van der Waals surface area contributed by atoms with E-state index in [2.05, 4.69) is 48.4 Å². The largest absolute Gasteiger partial charge is 0.349 e. The van der Waals surface area contributed by atoms with Crippen molar-refractivity contribution in [3.63, 3.8) is 0 Å². The zero-order valence-corrected chi connectivity index (χ0v) is 18.4. The maximum atomic E-state index is 13.3. The Kier molecular flexibility index (Phi) is 4.46. The Hall–Kier alpha value is -3.41. The van der Waals surface area contributed by atoms with Gasteiger partial charge in [-0.3, -0.25) is 9.48 Å². The summed E-state index contributed by atoms with van der Waals surface area (Å²) in [6.07, 6.45) is 5.24. The van der Waals surface area contributed by atoms with E-state index >= 15 is 0 Å². The quantitative estimate of drug-likeness (QED) is 0.552. The number of fused-ring (bicyclic) bond motifs is 2. The predicted octanol–water partition coefficient (Wildman–Crippen LogP) is 4.00. The molecule has 5 rings (SSSR count). The van der Waals surface area contributed by atoms with Crippen LogP contribution in [0.5, 0.6) is 0 Å². The Morgan fingerprint density at radius 3 is 2.68 bits per heavy atom. The third-order valence-electron chi connectivity index (χ3n) is 6.35. The van der Waals surface area contributed by atoms with Crippen LogP contribution in [0.3, 0.4) is 0 Å². The van der Waals surface area contributed by atoms with Gasteiger partial charge in [0.05, 0.1) is 17.0 Å². The first-order valence-corrected chi connectivity index (χ1v) is 10.7. The molecule has 0 saturated heterocycles. The van der Waals surface area contributed by atoms with E-state index in [1.54, 1.807) is 6.20 Å². The Morgan fingerprint density at radius 2 is 1.90 bits per heavy atom. The SMILES string of the molecule is Cn1nc2c(c1-c1ccccc1)CC(NC(=O)c1cn(C)c3ncccc13)CC2(C)C. The minimum absolute atomic E-state index is 0.0357. The number of amides is 1. The Morgan fingerprint density at radius 1 is 1.13 bits per heavy atom. The molecule has 0 fully saturated rings. The monoisotopic (exact) mass is 413 g/mol. The van der Waals surface area contributed by atoms with Crippen LogP contribution in [0.25, 0.3) is 22.3 Å². The Labute approximate surface area is 181 Å². The summed E-state index contributed by atoms with van der Waals surface area (Å²) in [5, 5.41) is 9.08. The minimum Gasteiger partial charge on any atom is -0.349 e. The fourth-order valence-corrected chi connectivity index (χ4v) is 5.05. The van der Waals surface area contributed by atoms with Crippen LogP contribution >= 0.6 is 0 Å². The third-order valence-corrected chi connectivity index (χ3v) is 6.35. The van der Waals surface area contributed by atoms with E-state index in [0.29, 0.717) is 5.56 Å². The molecular formula is C25H27N5O. The normalized spacial score (nSPS) is 17.5. The van der Waals surface area contributed by atoms with Gasteiger partial charge in [0.15, 0.2) is 0 Å². The molecule has 158 valence electrons. The summed E-state index contributed by atoms with van der Waals surface area (Å²) in [6, 6.07) is 14.2. The highest BCUT2D eigenvalue weighted by molar-refractivity contribution is 6.06. The van der Waals surface area contributed by atoms with Gasteiger partial charge in [0.2, 0.25) is 0 Å². The van der Waals surface area contributed by atoms with Crippen molar-refractivity contribution in [2.75, 3.05) is 0 Å². The topological polar surface area (TPSA) is 64.7 Å². The number of benzene rings is 1. The van der Waals surface area contributed by atoms with E-state index in [-0.39, 0.29) is 17.4 Å². The van der Waals surface area contributed by atoms with Gasteiger partial charge in [-0.15, -0.1) is 0 Å². The van der Waals surface area contributed by atoms with E-state index in [9.17, 15) is 4.79 Å². The van der Waals surface area contributed by atoms with Crippen molar-refractivity contribution >= 4 is 16.9 Å². The highest BCUT2D eigenvalue weighted by Crippen LogP contribution is 2.40. The van der Waals surface area contributed by atoms with Gasteiger partial charge in [-0.1, -0.05) is 44.2 Å². The standard InChI is InChI=1S/C25H27N5O/c1-25(2)14-17(27-24(31)20-15-29(3)23-18(20)11-8-12-26-23)13-19-21(30(4)28-22(19)25)16-9-6-5-7-10-16/h5-12,15,17H,13-14H2,1-4H3,(H,27,31). The fourth-order valence-electron chi connectivity index (χ4n) is 5.05. The van der Waals surface area contributed by atoms with Crippen molar-refractivity contribution < 1.29 is 4.79 Å². The zero-order valence-electron chi connectivity index (χ0n) is 18.4. The molecule has 1 aliphatic rings. The molecule has 0 bridgehead atoms. The molecule has 0 radical (unpaired) electrons. The summed E-state index contributed by atoms with van der Waals surface area (Å²) in [4.78, 5) is 17.7. The lowest BCUT2D eigenvalue weighted by Gasteiger charge is -2.35. The molecule has 3 aromatic heterocycles. The molecule has 1 amide bonds. The number of pyridine rings is 1. The number of nitrogens with one attached hydrogen (secondary N) is 1. The molecule has 3 heterocycles. The summed E-state index contributed by atoms with van der Waals surface area (Å²) in [5.74, 6) is -0.0481. The molecule has 6 heteroatoms. The number of hydrogen-bond donors (Lipinski definition) is 1. The lowest BCUT2D eigenvalue weighted by molar-refractivity contribution is 0.0929. The Bertz CT molecular complexity index is 1280. The first-order chi connectivity index (χ1) is 14.8. The van der Waals surface area contributed by atoms with Crippen molar-refractivity contribution in [3.8, 4) is 11.3 Å². The van der Waals surface area contributed by atoms with Gasteiger partial charge in [-0.2, -0.15) is 5.10 Å². The Balaban J connectivity index is 1.49. The predicted molar refractivity (Wildman–Crippen MR) is 122 cm³/mol. The van der Waals surface area contributed by atoms with Crippen LogP contribution in [0.1, 0.15) is 41.9 Å². The van der Waals surface area contributed by atoms with E-state index in [1.807, 2.05) is 47.7 Å². The minimum atomic E-state index is -0.128. The van der Waals surface area contributed by atoms with Gasteiger partial charge in [-0.25, -0.2) is 4.98 Å². The summed E-state index contributed by atoms with van der Waals surface area (Å²) in [5.41, 5.74) is 6.01. The maximum absolute atomic E-state index is 13.3. The number of aryl methyl sites for hydroxylation is 2. The summed E-state index contributed by atoms with van der Waals surface area (Å²) in [7, 11) is 3.93. The van der Waals surface area contributed by atoms with E-state index < -0.39 is 0 Å². The average molecular weight is 414 g/mol. The number of aromatic nitrogens is 4. The smallest absolute Gasteiger partial charge is 0.253 e. The average Bonchev–Trinajstić information content (AvgIpc) is 3.26. The summed E-state index contributed by atoms with van der Waals surface area (Å²) >= 11 is 0. The van der Waals surface area contributed by atoms with Crippen LogP contribution in [0.15, 0.2) is 54.9 Å². The lowest BCUT2D eigenvalue weighted by atomic mass is 9.73.